The molecule has 1 aromatic carbocycles. The molecule has 1 saturated heterocycles. The number of piperazine rings is 1. The van der Waals surface area contributed by atoms with Crippen LogP contribution in [0, 0.1) is 0 Å². The summed E-state index contributed by atoms with van der Waals surface area (Å²) in [5.41, 5.74) is 1.46. The Hall–Kier alpha value is -2.22. The van der Waals surface area contributed by atoms with E-state index in [0.717, 1.165) is 56.1 Å². The maximum atomic E-state index is 13.4. The highest BCUT2D eigenvalue weighted by atomic mass is 32.1. The molecule has 3 heterocycles. The third-order valence-corrected chi connectivity index (χ3v) is 7.50. The van der Waals surface area contributed by atoms with Crippen LogP contribution in [0.5, 0.6) is 0 Å². The molecule has 31 heavy (non-hydrogen) atoms. The second kappa shape index (κ2) is 9.94. The van der Waals surface area contributed by atoms with Crippen LogP contribution in [0.2, 0.25) is 0 Å². The van der Waals surface area contributed by atoms with Gasteiger partial charge < -0.3 is 20.0 Å². The predicted molar refractivity (Wildman–Crippen MR) is 125 cm³/mol. The third kappa shape index (κ3) is 4.68. The summed E-state index contributed by atoms with van der Waals surface area (Å²) in [6, 6.07) is 11.3. The lowest BCUT2D eigenvalue weighted by atomic mass is 9.81. The summed E-state index contributed by atoms with van der Waals surface area (Å²) in [5.74, 6) is -0.420. The fourth-order valence-electron chi connectivity index (χ4n) is 4.73. The van der Waals surface area contributed by atoms with Crippen LogP contribution < -0.4 is 5.32 Å². The molecule has 2 aliphatic rings. The van der Waals surface area contributed by atoms with Crippen molar-refractivity contribution in [3.63, 3.8) is 0 Å². The van der Waals surface area contributed by atoms with Crippen molar-refractivity contribution < 1.29 is 9.59 Å². The smallest absolute Gasteiger partial charge is 0.254 e. The fourth-order valence-corrected chi connectivity index (χ4v) is 5.63. The van der Waals surface area contributed by atoms with Crippen molar-refractivity contribution in [2.45, 2.75) is 25.3 Å². The van der Waals surface area contributed by atoms with Crippen LogP contribution in [0.25, 0.3) is 0 Å². The van der Waals surface area contributed by atoms with Crippen molar-refractivity contribution >= 4 is 23.2 Å². The average molecular weight is 441 g/mol. The molecule has 1 fully saturated rings. The van der Waals surface area contributed by atoms with Crippen LogP contribution in [0.3, 0.4) is 0 Å². The van der Waals surface area contributed by atoms with Crippen molar-refractivity contribution in [1.82, 2.24) is 20.0 Å². The molecule has 166 valence electrons. The fraction of sp³-hybridized carbons (Fsp3) is 0.500. The molecule has 0 radical (unpaired) electrons. The van der Waals surface area contributed by atoms with Gasteiger partial charge in [0.05, 0.1) is 12.0 Å². The molecular formula is C24H32N4O2S. The summed E-state index contributed by atoms with van der Waals surface area (Å²) >= 11 is 1.60. The predicted octanol–water partition coefficient (Wildman–Crippen LogP) is 2.80. The summed E-state index contributed by atoms with van der Waals surface area (Å²) in [5, 5.41) is 5.17. The second-order valence-corrected chi connectivity index (χ2v) is 9.34. The van der Waals surface area contributed by atoms with E-state index in [1.165, 1.54) is 0 Å². The second-order valence-electron chi connectivity index (χ2n) is 8.36. The lowest BCUT2D eigenvalue weighted by molar-refractivity contribution is -0.124. The van der Waals surface area contributed by atoms with E-state index < -0.39 is 5.92 Å². The minimum atomic E-state index is -0.398. The highest BCUT2D eigenvalue weighted by Crippen LogP contribution is 2.43. The summed E-state index contributed by atoms with van der Waals surface area (Å²) in [6.07, 6.45) is 0.935. The highest BCUT2D eigenvalue weighted by molar-refractivity contribution is 7.10. The van der Waals surface area contributed by atoms with Gasteiger partial charge in [-0.3, -0.25) is 9.59 Å². The number of hydrogen-bond acceptors (Lipinski definition) is 5. The molecule has 0 spiro atoms. The van der Waals surface area contributed by atoms with Gasteiger partial charge in [-0.15, -0.1) is 11.3 Å². The summed E-state index contributed by atoms with van der Waals surface area (Å²) in [4.78, 5) is 34.1. The zero-order valence-corrected chi connectivity index (χ0v) is 19.2. The van der Waals surface area contributed by atoms with Crippen molar-refractivity contribution in [3.05, 3.63) is 57.8 Å². The number of likely N-dealkylation sites (N-methyl/N-ethyl adjacent to an activating group) is 2. The molecule has 0 saturated carbocycles. The normalized spacial score (nSPS) is 22.4. The standard InChI is InChI=1S/C24H32N4O2S/c1-3-27-13-15-28(16-14-27)12-7-11-25-23(29)21-18-8-4-5-9-19(18)24(30)26(2)22(21)20-10-6-17-31-20/h4-6,8-10,17,21-22H,3,7,11-16H2,1-2H3,(H,25,29). The Kier molecular flexibility index (Phi) is 7.05. The number of thiophene rings is 1. The number of nitrogens with one attached hydrogen (secondary N) is 1. The Morgan fingerprint density at radius 2 is 1.84 bits per heavy atom. The van der Waals surface area contributed by atoms with Gasteiger partial charge in [-0.05, 0) is 42.6 Å². The van der Waals surface area contributed by atoms with Crippen molar-refractivity contribution in [1.29, 1.82) is 0 Å². The quantitative estimate of drug-likeness (QED) is 0.673. The molecule has 0 bridgehead atoms. The topological polar surface area (TPSA) is 55.9 Å². The molecule has 2 amide bonds. The molecule has 2 atom stereocenters. The molecule has 4 rings (SSSR count). The average Bonchev–Trinajstić information content (AvgIpc) is 3.33. The minimum absolute atomic E-state index is 0.000928. The highest BCUT2D eigenvalue weighted by Gasteiger charge is 2.42. The zero-order chi connectivity index (χ0) is 21.8. The molecule has 1 N–H and O–H groups in total. The maximum Gasteiger partial charge on any atom is 0.254 e. The molecule has 7 heteroatoms. The number of rotatable bonds is 7. The first-order valence-corrected chi connectivity index (χ1v) is 12.1. The van der Waals surface area contributed by atoms with E-state index >= 15 is 0 Å². The van der Waals surface area contributed by atoms with Gasteiger partial charge in [-0.1, -0.05) is 31.2 Å². The molecule has 2 aromatic rings. The van der Waals surface area contributed by atoms with Gasteiger partial charge in [0.15, 0.2) is 0 Å². The van der Waals surface area contributed by atoms with Gasteiger partial charge in [0.25, 0.3) is 5.91 Å². The van der Waals surface area contributed by atoms with Crippen LogP contribution in [-0.4, -0.2) is 79.4 Å². The van der Waals surface area contributed by atoms with Gasteiger partial charge in [-0.2, -0.15) is 0 Å². The first-order chi connectivity index (χ1) is 15.1. The largest absolute Gasteiger partial charge is 0.355 e. The molecule has 2 aliphatic heterocycles. The van der Waals surface area contributed by atoms with Gasteiger partial charge in [0, 0.05) is 50.2 Å². The Balaban J connectivity index is 1.42. The molecular weight excluding hydrogens is 408 g/mol. The van der Waals surface area contributed by atoms with Crippen LogP contribution in [0.15, 0.2) is 41.8 Å². The van der Waals surface area contributed by atoms with Crippen LogP contribution in [0.1, 0.15) is 46.1 Å². The SMILES string of the molecule is CCN1CCN(CCCNC(=O)C2c3ccccc3C(=O)N(C)C2c2cccs2)CC1. The lowest BCUT2D eigenvalue weighted by Gasteiger charge is -2.39. The maximum absolute atomic E-state index is 13.4. The third-order valence-electron chi connectivity index (χ3n) is 6.56. The van der Waals surface area contributed by atoms with E-state index in [1.54, 1.807) is 23.3 Å². The summed E-state index contributed by atoms with van der Waals surface area (Å²) in [7, 11) is 1.80. The number of nitrogens with zero attached hydrogens (tertiary/aromatic N) is 3. The van der Waals surface area contributed by atoms with Crippen LogP contribution in [-0.2, 0) is 4.79 Å². The lowest BCUT2D eigenvalue weighted by Crippen LogP contribution is -2.47. The Morgan fingerprint density at radius 1 is 1.10 bits per heavy atom. The zero-order valence-electron chi connectivity index (χ0n) is 18.4. The molecule has 0 aliphatic carbocycles. The van der Waals surface area contributed by atoms with E-state index in [0.29, 0.717) is 12.1 Å². The number of benzene rings is 1. The van der Waals surface area contributed by atoms with Crippen LogP contribution in [0.4, 0.5) is 0 Å². The van der Waals surface area contributed by atoms with Gasteiger partial charge in [0.1, 0.15) is 0 Å². The number of hydrogen-bond donors (Lipinski definition) is 1. The van der Waals surface area contributed by atoms with Crippen molar-refractivity contribution in [3.8, 4) is 0 Å². The summed E-state index contributed by atoms with van der Waals surface area (Å²) in [6.45, 7) is 9.45. The van der Waals surface area contributed by atoms with E-state index in [-0.39, 0.29) is 17.9 Å². The van der Waals surface area contributed by atoms with E-state index in [9.17, 15) is 9.59 Å². The number of fused-ring (bicyclic) bond motifs is 1. The number of amides is 2. The van der Waals surface area contributed by atoms with Crippen LogP contribution >= 0.6 is 11.3 Å². The van der Waals surface area contributed by atoms with E-state index in [2.05, 4.69) is 22.0 Å². The first kappa shape index (κ1) is 22.0. The Morgan fingerprint density at radius 3 is 2.55 bits per heavy atom. The van der Waals surface area contributed by atoms with E-state index in [1.807, 2.05) is 41.8 Å². The summed E-state index contributed by atoms with van der Waals surface area (Å²) < 4.78 is 0. The first-order valence-electron chi connectivity index (χ1n) is 11.2. The molecule has 6 nitrogen and oxygen atoms in total. The van der Waals surface area contributed by atoms with E-state index in [4.69, 9.17) is 0 Å². The Labute approximate surface area is 188 Å². The van der Waals surface area contributed by atoms with Gasteiger partial charge in [-0.25, -0.2) is 0 Å². The number of carbonyl (C=O) groups excluding carboxylic acids is 2. The van der Waals surface area contributed by atoms with Crippen molar-refractivity contribution in [2.75, 3.05) is 52.9 Å². The molecule has 2 unspecified atom stereocenters. The van der Waals surface area contributed by atoms with Crippen molar-refractivity contribution in [2.24, 2.45) is 0 Å². The number of carbonyl (C=O) groups is 2. The van der Waals surface area contributed by atoms with Gasteiger partial charge in [0.2, 0.25) is 5.91 Å². The van der Waals surface area contributed by atoms with Gasteiger partial charge >= 0.3 is 0 Å². The molecule has 1 aromatic heterocycles. The monoisotopic (exact) mass is 440 g/mol. The Bertz CT molecular complexity index is 893. The minimum Gasteiger partial charge on any atom is -0.355 e.